The average Bonchev–Trinajstić information content (AvgIpc) is 3.18. The lowest BCUT2D eigenvalue weighted by molar-refractivity contribution is -0.424. The first-order valence-electron chi connectivity index (χ1n) is 13.9. The fourth-order valence-electron chi connectivity index (χ4n) is 7.68. The van der Waals surface area contributed by atoms with E-state index in [4.69, 9.17) is 28.4 Å². The fraction of sp³-hybridized carbons (Fsp3) is 0.533. The van der Waals surface area contributed by atoms with Gasteiger partial charge in [-0.25, -0.2) is 9.59 Å². The molecule has 0 unspecified atom stereocenters. The highest BCUT2D eigenvalue weighted by Crippen LogP contribution is 2.81. The van der Waals surface area contributed by atoms with Crippen LogP contribution in [0.2, 0.25) is 0 Å². The highest BCUT2D eigenvalue weighted by Gasteiger charge is 2.94. The summed E-state index contributed by atoms with van der Waals surface area (Å²) in [7, 11) is 0. The second-order valence-corrected chi connectivity index (χ2v) is 12.0. The molecule has 4 saturated heterocycles. The van der Waals surface area contributed by atoms with Crippen molar-refractivity contribution in [1.29, 1.82) is 0 Å². The van der Waals surface area contributed by atoms with E-state index in [0.29, 0.717) is 11.1 Å². The van der Waals surface area contributed by atoms with Crippen molar-refractivity contribution >= 4 is 11.9 Å². The van der Waals surface area contributed by atoms with Crippen LogP contribution in [-0.2, 0) is 28.4 Å². The molecular formula is C30H32O12. The summed E-state index contributed by atoms with van der Waals surface area (Å²) >= 11 is 0. The second kappa shape index (κ2) is 9.53. The Hall–Kier alpha value is -2.94. The van der Waals surface area contributed by atoms with Gasteiger partial charge in [-0.3, -0.25) is 0 Å². The molecule has 4 aliphatic heterocycles. The molecule has 12 nitrogen and oxygen atoms in total. The lowest BCUT2D eigenvalue weighted by atomic mass is 9.41. The summed E-state index contributed by atoms with van der Waals surface area (Å²) < 4.78 is 35.7. The van der Waals surface area contributed by atoms with E-state index in [1.54, 1.807) is 67.6 Å². The first-order chi connectivity index (χ1) is 20.0. The van der Waals surface area contributed by atoms with Crippen LogP contribution in [0.1, 0.15) is 40.5 Å². The van der Waals surface area contributed by atoms with Crippen LogP contribution < -0.4 is 0 Å². The number of carbonyl (C=O) groups excluding carboxylic acids is 2. The highest BCUT2D eigenvalue weighted by atomic mass is 16.8. The van der Waals surface area contributed by atoms with Gasteiger partial charge in [-0.1, -0.05) is 36.4 Å². The topological polar surface area (TPSA) is 170 Å². The third-order valence-electron chi connectivity index (χ3n) is 9.78. The third-order valence-corrected chi connectivity index (χ3v) is 9.78. The molecule has 12 heteroatoms. The molecule has 3 aliphatic carbocycles. The smallest absolute Gasteiger partial charge is 0.338 e. The van der Waals surface area contributed by atoms with Gasteiger partial charge < -0.3 is 48.8 Å². The van der Waals surface area contributed by atoms with Gasteiger partial charge in [-0.15, -0.1) is 0 Å². The van der Waals surface area contributed by atoms with Crippen LogP contribution in [0, 0.1) is 11.3 Å². The number of hydrogen-bond acceptors (Lipinski definition) is 12. The summed E-state index contributed by atoms with van der Waals surface area (Å²) in [5.74, 6) is -3.25. The van der Waals surface area contributed by atoms with Crippen LogP contribution in [0.3, 0.4) is 0 Å². The highest BCUT2D eigenvalue weighted by molar-refractivity contribution is 5.89. The Bertz CT molecular complexity index is 1370. The Morgan fingerprint density at radius 3 is 2.14 bits per heavy atom. The molecule has 42 heavy (non-hydrogen) atoms. The minimum Gasteiger partial charge on any atom is -0.461 e. The van der Waals surface area contributed by atoms with Crippen LogP contribution in [0.25, 0.3) is 0 Å². The molecule has 2 aromatic rings. The van der Waals surface area contributed by atoms with E-state index in [1.807, 2.05) is 0 Å². The van der Waals surface area contributed by atoms with Gasteiger partial charge in [-0.2, -0.15) is 0 Å². The molecule has 2 aromatic carbocycles. The van der Waals surface area contributed by atoms with E-state index in [2.05, 4.69) is 0 Å². The van der Waals surface area contributed by atoms with Crippen LogP contribution in [0.15, 0.2) is 60.7 Å². The van der Waals surface area contributed by atoms with E-state index >= 15 is 0 Å². The maximum Gasteiger partial charge on any atom is 0.338 e. The number of ether oxygens (including phenoxy) is 6. The van der Waals surface area contributed by atoms with E-state index in [-0.39, 0.29) is 19.4 Å². The molecule has 3 saturated carbocycles. The molecule has 7 aliphatic rings. The maximum atomic E-state index is 12.9. The zero-order valence-corrected chi connectivity index (χ0v) is 22.7. The van der Waals surface area contributed by atoms with Gasteiger partial charge in [0, 0.05) is 12.3 Å². The standard InChI is InChI=1S/C30H32O12/c1-27-14-29(36)19-12-30(27,28(19,26(41-27)42-29)15-38-24(35)17-10-6-3-7-11-17)40-25-22(33)21(32)20(31)18(39-25)13-37-23(34)16-8-4-2-5-9-16/h2-11,18-22,25-26,31-33,36H,12-15H2,1H3/t18-,19-,20-,21+,22-,25+,26-,27+,28-,29+,30+/m1/s1. The number of esters is 2. The predicted octanol–water partition coefficient (Wildman–Crippen LogP) is 0.507. The van der Waals surface area contributed by atoms with Gasteiger partial charge in [0.2, 0.25) is 0 Å². The third kappa shape index (κ3) is 3.70. The predicted molar refractivity (Wildman–Crippen MR) is 138 cm³/mol. The summed E-state index contributed by atoms with van der Waals surface area (Å²) in [4.78, 5) is 25.4. The van der Waals surface area contributed by atoms with Gasteiger partial charge in [0.25, 0.3) is 0 Å². The van der Waals surface area contributed by atoms with Gasteiger partial charge in [-0.05, 0) is 37.6 Å². The fourth-order valence-corrected chi connectivity index (χ4v) is 7.68. The number of aliphatic hydroxyl groups is 4. The zero-order valence-electron chi connectivity index (χ0n) is 22.7. The molecule has 0 amide bonds. The molecule has 6 bridgehead atoms. The normalized spacial score (nSPS) is 44.5. The maximum absolute atomic E-state index is 12.9. The van der Waals surface area contributed by atoms with Gasteiger partial charge in [0.1, 0.15) is 48.8 Å². The largest absolute Gasteiger partial charge is 0.461 e. The van der Waals surface area contributed by atoms with E-state index in [1.165, 1.54) is 0 Å². The number of benzene rings is 2. The van der Waals surface area contributed by atoms with Crippen molar-refractivity contribution in [3.05, 3.63) is 71.8 Å². The number of rotatable bonds is 8. The van der Waals surface area contributed by atoms with Crippen molar-refractivity contribution < 1.29 is 58.4 Å². The summed E-state index contributed by atoms with van der Waals surface area (Å²) in [5.41, 5.74) is -2.88. The molecule has 0 spiro atoms. The van der Waals surface area contributed by atoms with Gasteiger partial charge >= 0.3 is 11.9 Å². The molecule has 0 radical (unpaired) electrons. The van der Waals surface area contributed by atoms with E-state index < -0.39 is 83.9 Å². The van der Waals surface area contributed by atoms with Crippen molar-refractivity contribution in [1.82, 2.24) is 0 Å². The van der Waals surface area contributed by atoms with Crippen LogP contribution in [-0.4, -0.2) is 99.6 Å². The number of aliphatic hydroxyl groups excluding tert-OH is 3. The van der Waals surface area contributed by atoms with Crippen molar-refractivity contribution in [3.63, 3.8) is 0 Å². The quantitative estimate of drug-likeness (QED) is 0.318. The Labute approximate surface area is 240 Å². The summed E-state index contributed by atoms with van der Waals surface area (Å²) in [6, 6.07) is 16.7. The molecule has 224 valence electrons. The molecule has 4 heterocycles. The Morgan fingerprint density at radius 2 is 1.50 bits per heavy atom. The van der Waals surface area contributed by atoms with Crippen LogP contribution in [0.5, 0.6) is 0 Å². The van der Waals surface area contributed by atoms with Crippen molar-refractivity contribution in [2.45, 2.75) is 73.8 Å². The zero-order chi connectivity index (χ0) is 29.5. The molecule has 7 fully saturated rings. The van der Waals surface area contributed by atoms with E-state index in [0.717, 1.165) is 0 Å². The number of hydrogen-bond donors (Lipinski definition) is 4. The summed E-state index contributed by atoms with van der Waals surface area (Å²) in [5, 5.41) is 43.6. The molecular weight excluding hydrogens is 552 g/mol. The molecule has 4 N–H and O–H groups in total. The van der Waals surface area contributed by atoms with Crippen LogP contribution >= 0.6 is 0 Å². The first-order valence-corrected chi connectivity index (χ1v) is 13.9. The molecule has 0 aromatic heterocycles. The Balaban J connectivity index is 1.13. The molecule has 9 rings (SSSR count). The lowest BCUT2D eigenvalue weighted by Gasteiger charge is -2.67. The lowest BCUT2D eigenvalue weighted by Crippen LogP contribution is -2.80. The Morgan fingerprint density at radius 1 is 0.881 bits per heavy atom. The summed E-state index contributed by atoms with van der Waals surface area (Å²) in [6.07, 6.45) is -8.34. The van der Waals surface area contributed by atoms with Crippen LogP contribution in [0.4, 0.5) is 0 Å². The second-order valence-electron chi connectivity index (χ2n) is 12.0. The molecule has 11 atom stereocenters. The van der Waals surface area contributed by atoms with Crippen molar-refractivity contribution in [2.24, 2.45) is 11.3 Å². The Kier molecular flexibility index (Phi) is 6.32. The SMILES string of the molecule is C[C@@]12C[C@]3(O)O[C@@H](O1)[C@@]1(COC(=O)c4ccccc4)[C@H]3C[C@@]12O[C@@H]1O[C@H](COC(=O)c2ccccc2)[C@@H](O)[C@H](O)[C@H]1O. The minimum atomic E-state index is -1.69. The first kappa shape index (κ1) is 27.9. The minimum absolute atomic E-state index is 0.0572. The number of carbonyl (C=O) groups is 2. The van der Waals surface area contributed by atoms with Gasteiger partial charge in [0.05, 0.1) is 16.5 Å². The summed E-state index contributed by atoms with van der Waals surface area (Å²) in [6.45, 7) is 1.12. The van der Waals surface area contributed by atoms with Gasteiger partial charge in [0.15, 0.2) is 18.4 Å². The van der Waals surface area contributed by atoms with Crippen molar-refractivity contribution in [3.8, 4) is 0 Å². The van der Waals surface area contributed by atoms with Crippen molar-refractivity contribution in [2.75, 3.05) is 13.2 Å². The average molecular weight is 585 g/mol. The van der Waals surface area contributed by atoms with E-state index in [9.17, 15) is 30.0 Å². The monoisotopic (exact) mass is 584 g/mol.